The molecule has 0 bridgehead atoms. The first-order valence-corrected chi connectivity index (χ1v) is 6.82. The zero-order chi connectivity index (χ0) is 12.8. The molecular formula is C15H22O3. The van der Waals surface area contributed by atoms with Crippen LogP contribution in [0.4, 0.5) is 0 Å². The highest BCUT2D eigenvalue weighted by atomic mass is 16.5. The van der Waals surface area contributed by atoms with Crippen LogP contribution in [0.1, 0.15) is 44.3 Å². The second kappa shape index (κ2) is 6.76. The van der Waals surface area contributed by atoms with Crippen molar-refractivity contribution in [3.05, 3.63) is 29.8 Å². The van der Waals surface area contributed by atoms with Crippen LogP contribution in [0.15, 0.2) is 24.3 Å². The van der Waals surface area contributed by atoms with Gasteiger partial charge < -0.3 is 14.6 Å². The van der Waals surface area contributed by atoms with Gasteiger partial charge in [-0.3, -0.25) is 0 Å². The first-order valence-electron chi connectivity index (χ1n) is 6.82. The lowest BCUT2D eigenvalue weighted by Crippen LogP contribution is -2.04. The predicted octanol–water partition coefficient (Wildman–Crippen LogP) is 3.08. The van der Waals surface area contributed by atoms with Crippen molar-refractivity contribution in [2.75, 3.05) is 13.2 Å². The van der Waals surface area contributed by atoms with Crippen molar-refractivity contribution in [1.29, 1.82) is 0 Å². The lowest BCUT2D eigenvalue weighted by Gasteiger charge is -2.12. The van der Waals surface area contributed by atoms with Crippen LogP contribution < -0.4 is 4.74 Å². The molecule has 3 heteroatoms. The molecule has 2 rings (SSSR count). The molecule has 0 aromatic heterocycles. The third-order valence-corrected chi connectivity index (χ3v) is 2.98. The average Bonchev–Trinajstić information content (AvgIpc) is 3.19. The van der Waals surface area contributed by atoms with Gasteiger partial charge in [0, 0.05) is 19.6 Å². The summed E-state index contributed by atoms with van der Waals surface area (Å²) < 4.78 is 11.0. The summed E-state index contributed by atoms with van der Waals surface area (Å²) in [5.74, 6) is 0.899. The Kier molecular flexibility index (Phi) is 5.02. The van der Waals surface area contributed by atoms with Crippen LogP contribution in [0.3, 0.4) is 0 Å². The molecule has 0 radical (unpaired) electrons. The van der Waals surface area contributed by atoms with Crippen LogP contribution >= 0.6 is 0 Å². The standard InChI is InChI=1S/C15H22O3/c1-2-10-17-11-9-15(16)12-3-5-13(6-4-12)18-14-7-8-14/h3-6,14-16H,2,7-11H2,1H3. The predicted molar refractivity (Wildman–Crippen MR) is 70.8 cm³/mol. The van der Waals surface area contributed by atoms with Crippen LogP contribution in [0.25, 0.3) is 0 Å². The molecule has 1 atom stereocenters. The second-order valence-corrected chi connectivity index (χ2v) is 4.80. The molecule has 0 saturated heterocycles. The Morgan fingerprint density at radius 2 is 1.94 bits per heavy atom. The summed E-state index contributed by atoms with van der Waals surface area (Å²) in [6.07, 6.45) is 3.96. The molecule has 1 unspecified atom stereocenters. The second-order valence-electron chi connectivity index (χ2n) is 4.80. The van der Waals surface area contributed by atoms with E-state index in [-0.39, 0.29) is 0 Å². The normalized spacial score (nSPS) is 16.6. The van der Waals surface area contributed by atoms with E-state index in [9.17, 15) is 5.11 Å². The van der Waals surface area contributed by atoms with E-state index in [1.165, 1.54) is 12.8 Å². The zero-order valence-corrected chi connectivity index (χ0v) is 11.0. The van der Waals surface area contributed by atoms with Gasteiger partial charge in [-0.25, -0.2) is 0 Å². The van der Waals surface area contributed by atoms with E-state index in [2.05, 4.69) is 6.92 Å². The molecule has 1 aromatic rings. The number of hydrogen-bond donors (Lipinski definition) is 1. The van der Waals surface area contributed by atoms with Crippen molar-refractivity contribution in [2.24, 2.45) is 0 Å². The van der Waals surface area contributed by atoms with Crippen LogP contribution in [-0.4, -0.2) is 24.4 Å². The Hall–Kier alpha value is -1.06. The summed E-state index contributed by atoms with van der Waals surface area (Å²) in [5.41, 5.74) is 0.929. The molecule has 0 spiro atoms. The van der Waals surface area contributed by atoms with E-state index in [0.717, 1.165) is 24.3 Å². The largest absolute Gasteiger partial charge is 0.490 e. The SMILES string of the molecule is CCCOCCC(O)c1ccc(OC2CC2)cc1. The highest BCUT2D eigenvalue weighted by molar-refractivity contribution is 5.29. The molecular weight excluding hydrogens is 228 g/mol. The number of aliphatic hydroxyl groups excluding tert-OH is 1. The highest BCUT2D eigenvalue weighted by Gasteiger charge is 2.23. The van der Waals surface area contributed by atoms with Crippen molar-refractivity contribution >= 4 is 0 Å². The van der Waals surface area contributed by atoms with Crippen molar-refractivity contribution in [3.8, 4) is 5.75 Å². The molecule has 3 nitrogen and oxygen atoms in total. The van der Waals surface area contributed by atoms with Gasteiger partial charge in [-0.1, -0.05) is 19.1 Å². The zero-order valence-electron chi connectivity index (χ0n) is 11.0. The van der Waals surface area contributed by atoms with Gasteiger partial charge in [0.25, 0.3) is 0 Å². The van der Waals surface area contributed by atoms with Gasteiger partial charge in [0.1, 0.15) is 5.75 Å². The van der Waals surface area contributed by atoms with Crippen LogP contribution in [0, 0.1) is 0 Å². The average molecular weight is 250 g/mol. The van der Waals surface area contributed by atoms with Gasteiger partial charge in [-0.05, 0) is 37.0 Å². The maximum atomic E-state index is 9.98. The maximum Gasteiger partial charge on any atom is 0.119 e. The maximum absolute atomic E-state index is 9.98. The summed E-state index contributed by atoms with van der Waals surface area (Å²) >= 11 is 0. The Labute approximate surface area is 109 Å². The molecule has 1 aliphatic rings. The lowest BCUT2D eigenvalue weighted by atomic mass is 10.1. The fraction of sp³-hybridized carbons (Fsp3) is 0.600. The van der Waals surface area contributed by atoms with Crippen LogP contribution in [-0.2, 0) is 4.74 Å². The minimum atomic E-state index is -0.447. The third kappa shape index (κ3) is 4.31. The monoisotopic (exact) mass is 250 g/mol. The quantitative estimate of drug-likeness (QED) is 0.721. The van der Waals surface area contributed by atoms with Gasteiger partial charge in [-0.2, -0.15) is 0 Å². The smallest absolute Gasteiger partial charge is 0.119 e. The van der Waals surface area contributed by atoms with E-state index in [4.69, 9.17) is 9.47 Å². The molecule has 1 N–H and O–H groups in total. The van der Waals surface area contributed by atoms with E-state index < -0.39 is 6.10 Å². The van der Waals surface area contributed by atoms with Crippen molar-refractivity contribution in [3.63, 3.8) is 0 Å². The molecule has 0 amide bonds. The fourth-order valence-corrected chi connectivity index (χ4v) is 1.75. The molecule has 1 fully saturated rings. The summed E-state index contributed by atoms with van der Waals surface area (Å²) in [6.45, 7) is 3.45. The third-order valence-electron chi connectivity index (χ3n) is 2.98. The topological polar surface area (TPSA) is 38.7 Å². The van der Waals surface area contributed by atoms with E-state index in [1.807, 2.05) is 24.3 Å². The van der Waals surface area contributed by atoms with E-state index >= 15 is 0 Å². The minimum absolute atomic E-state index is 0.420. The number of rotatable bonds is 8. The minimum Gasteiger partial charge on any atom is -0.490 e. The Morgan fingerprint density at radius 1 is 1.22 bits per heavy atom. The molecule has 18 heavy (non-hydrogen) atoms. The first-order chi connectivity index (χ1) is 8.79. The van der Waals surface area contributed by atoms with Crippen LogP contribution in [0.5, 0.6) is 5.75 Å². The summed E-state index contributed by atoms with van der Waals surface area (Å²) in [5, 5.41) is 9.98. The fourth-order valence-electron chi connectivity index (χ4n) is 1.75. The molecule has 1 aromatic carbocycles. The van der Waals surface area contributed by atoms with E-state index in [0.29, 0.717) is 19.1 Å². The van der Waals surface area contributed by atoms with Gasteiger partial charge in [0.05, 0.1) is 12.2 Å². The molecule has 0 aliphatic heterocycles. The summed E-state index contributed by atoms with van der Waals surface area (Å²) in [6, 6.07) is 7.73. The van der Waals surface area contributed by atoms with Crippen molar-refractivity contribution < 1.29 is 14.6 Å². The van der Waals surface area contributed by atoms with Crippen molar-refractivity contribution in [2.45, 2.75) is 44.8 Å². The number of aliphatic hydroxyl groups is 1. The summed E-state index contributed by atoms with van der Waals surface area (Å²) in [7, 11) is 0. The van der Waals surface area contributed by atoms with Gasteiger partial charge >= 0.3 is 0 Å². The lowest BCUT2D eigenvalue weighted by molar-refractivity contribution is 0.0822. The van der Waals surface area contributed by atoms with Gasteiger partial charge in [0.2, 0.25) is 0 Å². The molecule has 1 aliphatic carbocycles. The number of hydrogen-bond acceptors (Lipinski definition) is 3. The highest BCUT2D eigenvalue weighted by Crippen LogP contribution is 2.27. The van der Waals surface area contributed by atoms with Crippen molar-refractivity contribution in [1.82, 2.24) is 0 Å². The molecule has 100 valence electrons. The Morgan fingerprint density at radius 3 is 2.56 bits per heavy atom. The Bertz CT molecular complexity index is 343. The summed E-state index contributed by atoms with van der Waals surface area (Å²) in [4.78, 5) is 0. The molecule has 1 saturated carbocycles. The van der Waals surface area contributed by atoms with Gasteiger partial charge in [-0.15, -0.1) is 0 Å². The van der Waals surface area contributed by atoms with Gasteiger partial charge in [0.15, 0.2) is 0 Å². The first kappa shape index (κ1) is 13.4. The van der Waals surface area contributed by atoms with Crippen LogP contribution in [0.2, 0.25) is 0 Å². The number of benzene rings is 1. The Balaban J connectivity index is 1.76. The van der Waals surface area contributed by atoms with E-state index in [1.54, 1.807) is 0 Å². The number of ether oxygens (including phenoxy) is 2. The molecule has 0 heterocycles.